The van der Waals surface area contributed by atoms with Crippen LogP contribution in [-0.4, -0.2) is 56.0 Å². The van der Waals surface area contributed by atoms with Crippen LogP contribution < -0.4 is 8.92 Å². The predicted octanol–water partition coefficient (Wildman–Crippen LogP) is 2.70. The van der Waals surface area contributed by atoms with Gasteiger partial charge in [-0.25, -0.2) is 19.6 Å². The van der Waals surface area contributed by atoms with E-state index in [0.29, 0.717) is 4.68 Å². The van der Waals surface area contributed by atoms with Crippen molar-refractivity contribution in [3.05, 3.63) is 24.3 Å². The molecule has 0 atom stereocenters. The maximum Gasteiger partial charge on any atom is 0.534 e. The van der Waals surface area contributed by atoms with Crippen molar-refractivity contribution < 1.29 is 43.7 Å². The van der Waals surface area contributed by atoms with Gasteiger partial charge in [-0.1, -0.05) is 0 Å². The average Bonchev–Trinajstić information content (AvgIpc) is 3.18. The Morgan fingerprint density at radius 1 is 1.15 bits per heavy atom. The lowest BCUT2D eigenvalue weighted by Gasteiger charge is -2.11. The number of hydrogen-bond donors (Lipinski definition) is 0. The Hall–Kier alpha value is -3.37. The first-order valence-electron chi connectivity index (χ1n) is 8.93. The molecule has 0 aliphatic carbocycles. The Kier molecular flexibility index (Phi) is 5.25. The van der Waals surface area contributed by atoms with E-state index in [1.807, 2.05) is 0 Å². The average molecular weight is 498 g/mol. The van der Waals surface area contributed by atoms with Gasteiger partial charge in [0.15, 0.2) is 5.82 Å². The van der Waals surface area contributed by atoms with Crippen LogP contribution in [0.2, 0.25) is 0 Å². The summed E-state index contributed by atoms with van der Waals surface area (Å²) in [7, 11) is -5.95. The van der Waals surface area contributed by atoms with Gasteiger partial charge >= 0.3 is 21.8 Å². The lowest BCUT2D eigenvalue weighted by atomic mass is 10.2. The van der Waals surface area contributed by atoms with E-state index in [4.69, 9.17) is 4.74 Å². The fraction of sp³-hybridized carbons (Fsp3) is 0.375. The molecule has 1 aliphatic heterocycles. The number of hydrogen-bond acceptors (Lipinski definition) is 8. The maximum atomic E-state index is 12.9. The molecule has 0 N–H and O–H groups in total. The van der Waals surface area contributed by atoms with E-state index in [1.54, 1.807) is 0 Å². The summed E-state index contributed by atoms with van der Waals surface area (Å²) in [4.78, 5) is 11.9. The van der Waals surface area contributed by atoms with Gasteiger partial charge < -0.3 is 13.5 Å². The van der Waals surface area contributed by atoms with Gasteiger partial charge in [0.2, 0.25) is 5.88 Å². The normalized spacial score (nSPS) is 14.3. The van der Waals surface area contributed by atoms with Crippen LogP contribution in [0.25, 0.3) is 22.9 Å². The third-order valence-electron chi connectivity index (χ3n) is 4.26. The van der Waals surface area contributed by atoms with Gasteiger partial charge in [0.05, 0.1) is 12.1 Å². The third kappa shape index (κ3) is 4.57. The van der Waals surface area contributed by atoms with Crippen LogP contribution in [0.3, 0.4) is 0 Å². The fourth-order valence-corrected chi connectivity index (χ4v) is 3.41. The number of imidazole rings is 1. The summed E-state index contributed by atoms with van der Waals surface area (Å²) in [5.41, 5.74) is -5.45. The predicted molar refractivity (Wildman–Crippen MR) is 96.4 cm³/mol. The number of fused-ring (bicyclic) bond motifs is 3. The van der Waals surface area contributed by atoms with E-state index in [-0.39, 0.29) is 47.6 Å². The topological polar surface area (TPSA) is 114 Å². The van der Waals surface area contributed by atoms with E-state index in [1.165, 1.54) is 17.7 Å². The molecule has 3 aromatic heterocycles. The minimum absolute atomic E-state index is 0.0143. The molecular weight excluding hydrogens is 486 g/mol. The van der Waals surface area contributed by atoms with Gasteiger partial charge in [0.1, 0.15) is 36.2 Å². The Morgan fingerprint density at radius 2 is 1.88 bits per heavy atom. The molecule has 178 valence electrons. The van der Waals surface area contributed by atoms with Gasteiger partial charge in [-0.15, -0.1) is 0 Å². The van der Waals surface area contributed by atoms with Crippen molar-refractivity contribution in [1.29, 1.82) is 0 Å². The molecule has 0 saturated carbocycles. The summed E-state index contributed by atoms with van der Waals surface area (Å²) in [5, 5.41) is 3.74. The quantitative estimate of drug-likeness (QED) is 0.307. The van der Waals surface area contributed by atoms with Crippen molar-refractivity contribution >= 4 is 10.1 Å². The fourth-order valence-electron chi connectivity index (χ4n) is 3.00. The molecule has 4 rings (SSSR count). The number of ether oxygens (including phenoxy) is 1. The first-order valence-corrected chi connectivity index (χ1v) is 10.3. The van der Waals surface area contributed by atoms with Gasteiger partial charge in [0.25, 0.3) is 0 Å². The highest BCUT2D eigenvalue weighted by Crippen LogP contribution is 2.36. The van der Waals surface area contributed by atoms with Crippen LogP contribution in [0.5, 0.6) is 11.6 Å². The summed E-state index contributed by atoms with van der Waals surface area (Å²) in [6, 6.07) is 0.846. The van der Waals surface area contributed by atoms with Crippen molar-refractivity contribution in [3.63, 3.8) is 0 Å². The van der Waals surface area contributed by atoms with Gasteiger partial charge in [0, 0.05) is 18.5 Å². The highest BCUT2D eigenvalue weighted by atomic mass is 32.2. The van der Waals surface area contributed by atoms with Gasteiger partial charge in [-0.2, -0.15) is 39.9 Å². The summed E-state index contributed by atoms with van der Waals surface area (Å²) in [5.74, 6) is -0.852. The molecule has 0 unspecified atom stereocenters. The molecule has 1 aliphatic rings. The zero-order valence-corrected chi connectivity index (χ0v) is 17.2. The van der Waals surface area contributed by atoms with Crippen molar-refractivity contribution in [3.8, 4) is 34.5 Å². The minimum Gasteiger partial charge on any atom is -0.491 e. The zero-order chi connectivity index (χ0) is 24.2. The summed E-state index contributed by atoms with van der Waals surface area (Å²) >= 11 is 0. The SMILES string of the molecule is Cc1nc(-c2cn3c(n2)-c2cnc(OS(=O)(=O)C(F)(F)F)cc2OCC3)n(CC(F)(F)F)n1. The first-order chi connectivity index (χ1) is 15.2. The Morgan fingerprint density at radius 3 is 2.55 bits per heavy atom. The molecule has 0 amide bonds. The van der Waals surface area contributed by atoms with Crippen molar-refractivity contribution in [2.75, 3.05) is 6.61 Å². The summed E-state index contributed by atoms with van der Waals surface area (Å²) < 4.78 is 110. The molecular formula is C16H12F6N6O4S. The van der Waals surface area contributed by atoms with Crippen LogP contribution >= 0.6 is 0 Å². The molecule has 0 aromatic carbocycles. The van der Waals surface area contributed by atoms with Gasteiger partial charge in [-0.3, -0.25) is 0 Å². The largest absolute Gasteiger partial charge is 0.534 e. The van der Waals surface area contributed by atoms with E-state index in [9.17, 15) is 34.8 Å². The maximum absolute atomic E-state index is 12.9. The Labute approximate surface area is 180 Å². The number of alkyl halides is 6. The molecule has 17 heteroatoms. The summed E-state index contributed by atoms with van der Waals surface area (Å²) in [6.07, 6.45) is -2.15. The molecule has 3 aromatic rings. The number of rotatable bonds is 4. The molecule has 33 heavy (non-hydrogen) atoms. The standard InChI is InChI=1S/C16H12F6N6O4S/c1-8-24-14(28(26-8)7-15(17,18)19)10-6-27-2-3-31-11-4-12(23-5-9(11)13(27)25-10)32-33(29,30)16(20,21)22/h4-6H,2-3,7H2,1H3. The van der Waals surface area contributed by atoms with Crippen molar-refractivity contribution in [1.82, 2.24) is 29.3 Å². The second kappa shape index (κ2) is 7.60. The smallest absolute Gasteiger partial charge is 0.491 e. The van der Waals surface area contributed by atoms with Crippen LogP contribution in [0, 0.1) is 6.92 Å². The molecule has 0 bridgehead atoms. The van der Waals surface area contributed by atoms with E-state index in [0.717, 1.165) is 12.3 Å². The monoisotopic (exact) mass is 498 g/mol. The molecule has 0 saturated heterocycles. The molecule has 0 radical (unpaired) electrons. The van der Waals surface area contributed by atoms with Crippen LogP contribution in [-0.2, 0) is 23.2 Å². The number of pyridine rings is 1. The zero-order valence-electron chi connectivity index (χ0n) is 16.3. The van der Waals surface area contributed by atoms with Crippen LogP contribution in [0.1, 0.15) is 5.82 Å². The second-order valence-corrected chi connectivity index (χ2v) is 8.29. The van der Waals surface area contributed by atoms with E-state index >= 15 is 0 Å². The first kappa shape index (κ1) is 22.8. The lowest BCUT2D eigenvalue weighted by molar-refractivity contribution is -0.142. The minimum atomic E-state index is -5.95. The Bertz CT molecular complexity index is 1310. The van der Waals surface area contributed by atoms with Crippen molar-refractivity contribution in [2.24, 2.45) is 0 Å². The number of aryl methyl sites for hydroxylation is 1. The van der Waals surface area contributed by atoms with Crippen LogP contribution in [0.4, 0.5) is 26.3 Å². The van der Waals surface area contributed by atoms with Crippen molar-refractivity contribution in [2.45, 2.75) is 31.7 Å². The Balaban J connectivity index is 1.72. The number of halogens is 6. The lowest BCUT2D eigenvalue weighted by Crippen LogP contribution is -2.28. The number of aromatic nitrogens is 6. The molecule has 0 fully saturated rings. The summed E-state index contributed by atoms with van der Waals surface area (Å²) in [6.45, 7) is 0.183. The molecule has 10 nitrogen and oxygen atoms in total. The second-order valence-electron chi connectivity index (χ2n) is 6.75. The van der Waals surface area contributed by atoms with Gasteiger partial charge in [-0.05, 0) is 6.92 Å². The molecule has 4 heterocycles. The third-order valence-corrected chi connectivity index (χ3v) is 5.22. The van der Waals surface area contributed by atoms with Crippen LogP contribution in [0.15, 0.2) is 18.5 Å². The van der Waals surface area contributed by atoms with E-state index in [2.05, 4.69) is 24.2 Å². The van der Waals surface area contributed by atoms with E-state index < -0.39 is 34.2 Å². The highest BCUT2D eigenvalue weighted by Gasteiger charge is 2.49. The highest BCUT2D eigenvalue weighted by molar-refractivity contribution is 7.87. The molecule has 0 spiro atoms. The number of nitrogens with zero attached hydrogens (tertiary/aromatic N) is 6.